The van der Waals surface area contributed by atoms with Crippen molar-refractivity contribution in [1.82, 2.24) is 19.3 Å². The fraction of sp³-hybridized carbons (Fsp3) is 0.200. The highest BCUT2D eigenvalue weighted by Crippen LogP contribution is 2.31. The maximum absolute atomic E-state index is 13.1. The lowest BCUT2D eigenvalue weighted by atomic mass is 10.1. The molecule has 1 aromatic carbocycles. The number of allylic oxidation sites excluding steroid dienone is 2. The van der Waals surface area contributed by atoms with Crippen molar-refractivity contribution in [3.05, 3.63) is 68.7 Å². The van der Waals surface area contributed by atoms with Gasteiger partial charge in [0.2, 0.25) is 0 Å². The van der Waals surface area contributed by atoms with Gasteiger partial charge in [-0.15, -0.1) is 11.3 Å². The van der Waals surface area contributed by atoms with E-state index in [1.54, 1.807) is 12.3 Å². The minimum Gasteiger partial charge on any atom is -0.402 e. The molecule has 0 aliphatic carbocycles. The van der Waals surface area contributed by atoms with E-state index in [-0.39, 0.29) is 5.56 Å². The van der Waals surface area contributed by atoms with Crippen LogP contribution in [-0.4, -0.2) is 25.5 Å². The Bertz CT molecular complexity index is 1290. The van der Waals surface area contributed by atoms with Crippen molar-refractivity contribution in [2.24, 2.45) is 18.5 Å². The zero-order valence-corrected chi connectivity index (χ0v) is 16.7. The molecule has 0 spiro atoms. The standard InChI is InChI=1S/C20H21N7OS/c1-26-17-15(18-19(26)25-16(29-18)8-14(23)6-7-21)10-24-27(20(17)28)11-13-4-2-12(9-22)3-5-13/h2-7,10,21H,8-9,11,22-23H2,1H3. The minimum absolute atomic E-state index is 0.150. The van der Waals surface area contributed by atoms with E-state index in [1.807, 2.05) is 35.9 Å². The molecular weight excluding hydrogens is 386 g/mol. The van der Waals surface area contributed by atoms with E-state index in [0.29, 0.717) is 30.7 Å². The average molecular weight is 408 g/mol. The third-order valence-electron chi connectivity index (χ3n) is 4.81. The first-order chi connectivity index (χ1) is 14.0. The summed E-state index contributed by atoms with van der Waals surface area (Å²) >= 11 is 1.50. The molecule has 29 heavy (non-hydrogen) atoms. The average Bonchev–Trinajstić information content (AvgIpc) is 3.23. The molecule has 0 atom stereocenters. The number of nitrogens with one attached hydrogen (secondary N) is 1. The third kappa shape index (κ3) is 3.45. The Balaban J connectivity index is 1.74. The van der Waals surface area contributed by atoms with E-state index in [4.69, 9.17) is 16.9 Å². The van der Waals surface area contributed by atoms with Crippen LogP contribution in [0.1, 0.15) is 16.1 Å². The second-order valence-electron chi connectivity index (χ2n) is 6.79. The molecule has 8 nitrogen and oxygen atoms in total. The fourth-order valence-electron chi connectivity index (χ4n) is 3.32. The van der Waals surface area contributed by atoms with Crippen LogP contribution in [0.4, 0.5) is 0 Å². The molecular formula is C20H21N7OS. The Labute approximate surface area is 170 Å². The van der Waals surface area contributed by atoms with Gasteiger partial charge in [0.1, 0.15) is 10.5 Å². The van der Waals surface area contributed by atoms with Gasteiger partial charge >= 0.3 is 0 Å². The zero-order valence-electron chi connectivity index (χ0n) is 15.9. The lowest BCUT2D eigenvalue weighted by Crippen LogP contribution is -2.24. The number of hydrogen-bond acceptors (Lipinski definition) is 7. The van der Waals surface area contributed by atoms with Crippen molar-refractivity contribution in [2.75, 3.05) is 0 Å². The number of hydrogen-bond donors (Lipinski definition) is 3. The highest BCUT2D eigenvalue weighted by Gasteiger charge is 2.18. The van der Waals surface area contributed by atoms with Crippen LogP contribution in [0.15, 0.2) is 47.0 Å². The highest BCUT2D eigenvalue weighted by atomic mass is 32.1. The van der Waals surface area contributed by atoms with Gasteiger partial charge in [0.15, 0.2) is 5.65 Å². The van der Waals surface area contributed by atoms with Crippen LogP contribution in [0.25, 0.3) is 21.3 Å². The van der Waals surface area contributed by atoms with Crippen LogP contribution >= 0.6 is 11.3 Å². The molecule has 5 N–H and O–H groups in total. The SMILES string of the molecule is Cn1c2nc(CC(N)=CC=N)sc2c2cnn(Cc3ccc(CN)cc3)c(=O)c21. The van der Waals surface area contributed by atoms with Gasteiger partial charge in [0, 0.05) is 37.3 Å². The molecule has 0 bridgehead atoms. The summed E-state index contributed by atoms with van der Waals surface area (Å²) in [5, 5.41) is 13.1. The first kappa shape index (κ1) is 19.0. The van der Waals surface area contributed by atoms with Gasteiger partial charge in [0.05, 0.1) is 17.4 Å². The molecule has 0 aliphatic heterocycles. The van der Waals surface area contributed by atoms with Crippen LogP contribution in [-0.2, 0) is 26.6 Å². The number of fused-ring (bicyclic) bond motifs is 3. The zero-order chi connectivity index (χ0) is 20.5. The number of nitrogens with two attached hydrogens (primary N) is 2. The van der Waals surface area contributed by atoms with Crippen LogP contribution in [0.5, 0.6) is 0 Å². The molecule has 9 heteroatoms. The topological polar surface area (TPSA) is 129 Å². The fourth-order valence-corrected chi connectivity index (χ4v) is 4.45. The van der Waals surface area contributed by atoms with E-state index >= 15 is 0 Å². The summed E-state index contributed by atoms with van der Waals surface area (Å²) in [4.78, 5) is 17.7. The summed E-state index contributed by atoms with van der Waals surface area (Å²) in [6.45, 7) is 0.879. The van der Waals surface area contributed by atoms with Crippen LogP contribution in [0, 0.1) is 5.41 Å². The lowest BCUT2D eigenvalue weighted by Gasteiger charge is -2.06. The summed E-state index contributed by atoms with van der Waals surface area (Å²) in [5.74, 6) is 0. The van der Waals surface area contributed by atoms with Gasteiger partial charge in [-0.1, -0.05) is 24.3 Å². The van der Waals surface area contributed by atoms with Crippen LogP contribution < -0.4 is 17.0 Å². The molecule has 0 unspecified atom stereocenters. The van der Waals surface area contributed by atoms with Crippen LogP contribution in [0.2, 0.25) is 0 Å². The van der Waals surface area contributed by atoms with Gasteiger partial charge in [0.25, 0.3) is 5.56 Å². The summed E-state index contributed by atoms with van der Waals surface area (Å²) in [5.41, 5.74) is 15.3. The second kappa shape index (κ2) is 7.61. The molecule has 4 aromatic rings. The molecule has 0 fully saturated rings. The van der Waals surface area contributed by atoms with Crippen molar-refractivity contribution < 1.29 is 0 Å². The highest BCUT2D eigenvalue weighted by molar-refractivity contribution is 7.19. The normalized spacial score (nSPS) is 12.1. The number of nitrogens with zero attached hydrogens (tertiary/aromatic N) is 4. The number of rotatable bonds is 6. The molecule has 4 rings (SSSR count). The van der Waals surface area contributed by atoms with E-state index in [2.05, 4.69) is 10.1 Å². The van der Waals surface area contributed by atoms with E-state index in [1.165, 1.54) is 16.0 Å². The summed E-state index contributed by atoms with van der Waals surface area (Å²) in [6.07, 6.45) is 4.91. The maximum Gasteiger partial charge on any atom is 0.291 e. The van der Waals surface area contributed by atoms with Crippen molar-refractivity contribution in [2.45, 2.75) is 19.5 Å². The Kier molecular flexibility index (Phi) is 4.99. The Morgan fingerprint density at radius 3 is 2.69 bits per heavy atom. The Morgan fingerprint density at radius 2 is 2.00 bits per heavy atom. The lowest BCUT2D eigenvalue weighted by molar-refractivity contribution is 0.644. The summed E-state index contributed by atoms with van der Waals surface area (Å²) in [7, 11) is 1.84. The number of benzene rings is 1. The molecule has 3 aromatic heterocycles. The third-order valence-corrected chi connectivity index (χ3v) is 5.89. The quantitative estimate of drug-likeness (QED) is 0.420. The van der Waals surface area contributed by atoms with Gasteiger partial charge < -0.3 is 21.4 Å². The van der Waals surface area contributed by atoms with Gasteiger partial charge in [-0.25, -0.2) is 9.67 Å². The van der Waals surface area contributed by atoms with Crippen LogP contribution in [0.3, 0.4) is 0 Å². The molecule has 0 radical (unpaired) electrons. The minimum atomic E-state index is -0.150. The largest absolute Gasteiger partial charge is 0.402 e. The van der Waals surface area contributed by atoms with Gasteiger partial charge in [-0.2, -0.15) is 5.10 Å². The molecule has 0 amide bonds. The molecule has 3 heterocycles. The van der Waals surface area contributed by atoms with Crippen molar-refractivity contribution in [3.8, 4) is 0 Å². The Hall–Kier alpha value is -3.30. The predicted molar refractivity (Wildman–Crippen MR) is 116 cm³/mol. The summed E-state index contributed by atoms with van der Waals surface area (Å²) in [6, 6.07) is 7.84. The first-order valence-electron chi connectivity index (χ1n) is 9.08. The molecule has 0 saturated carbocycles. The molecule has 0 saturated heterocycles. The van der Waals surface area contributed by atoms with Crippen molar-refractivity contribution in [3.63, 3.8) is 0 Å². The monoisotopic (exact) mass is 407 g/mol. The van der Waals surface area contributed by atoms with Crippen molar-refractivity contribution in [1.29, 1.82) is 5.41 Å². The van der Waals surface area contributed by atoms with Gasteiger partial charge in [-0.3, -0.25) is 4.79 Å². The summed E-state index contributed by atoms with van der Waals surface area (Å²) < 4.78 is 4.21. The van der Waals surface area contributed by atoms with Gasteiger partial charge in [-0.05, 0) is 17.2 Å². The second-order valence-corrected chi connectivity index (χ2v) is 7.88. The number of thiazole rings is 1. The predicted octanol–water partition coefficient (Wildman–Crippen LogP) is 1.89. The smallest absolute Gasteiger partial charge is 0.291 e. The Morgan fingerprint density at radius 1 is 1.28 bits per heavy atom. The maximum atomic E-state index is 13.1. The molecule has 0 aliphatic rings. The van der Waals surface area contributed by atoms with E-state index < -0.39 is 0 Å². The number of aromatic nitrogens is 4. The van der Waals surface area contributed by atoms with E-state index in [0.717, 1.165) is 38.1 Å². The molecule has 148 valence electrons. The number of aryl methyl sites for hydroxylation is 1. The van der Waals surface area contributed by atoms with Crippen molar-refractivity contribution >= 4 is 38.8 Å². The first-order valence-corrected chi connectivity index (χ1v) is 9.90. The van der Waals surface area contributed by atoms with E-state index in [9.17, 15) is 4.79 Å².